The van der Waals surface area contributed by atoms with Gasteiger partial charge in [0.05, 0.1) is 6.20 Å². The number of nitrogens with two attached hydrogens (primary N) is 1. The van der Waals surface area contributed by atoms with Crippen LogP contribution in [0.4, 0.5) is 11.4 Å². The van der Waals surface area contributed by atoms with Crippen molar-refractivity contribution < 1.29 is 0 Å². The van der Waals surface area contributed by atoms with E-state index in [1.54, 1.807) is 4.68 Å². The van der Waals surface area contributed by atoms with Crippen molar-refractivity contribution in [1.82, 2.24) is 9.78 Å². The first kappa shape index (κ1) is 11.3. The van der Waals surface area contributed by atoms with E-state index < -0.39 is 0 Å². The van der Waals surface area contributed by atoms with Crippen molar-refractivity contribution >= 4 is 34.0 Å². The fraction of sp³-hybridized carbons (Fsp3) is 0.182. The molecule has 16 heavy (non-hydrogen) atoms. The Balaban J connectivity index is 2.04. The predicted octanol–water partition coefficient (Wildman–Crippen LogP) is 2.22. The Morgan fingerprint density at radius 3 is 2.94 bits per heavy atom. The largest absolute Gasteiger partial charge is 0.399 e. The number of nitrogens with one attached hydrogen (secondary N) is 1. The summed E-state index contributed by atoms with van der Waals surface area (Å²) in [5.74, 6) is 0. The molecule has 0 aliphatic carbocycles. The Bertz CT molecular complexity index is 492. The van der Waals surface area contributed by atoms with Crippen LogP contribution >= 0.6 is 22.6 Å². The van der Waals surface area contributed by atoms with Crippen molar-refractivity contribution in [1.29, 1.82) is 0 Å². The summed E-state index contributed by atoms with van der Waals surface area (Å²) in [6.45, 7) is 0.772. The van der Waals surface area contributed by atoms with Gasteiger partial charge in [-0.25, -0.2) is 0 Å². The standard InChI is InChI=1S/C11H13IN4/c1-16-7-8(6-15-16)5-14-11-3-2-9(13)4-10(11)12/h2-4,6-7,14H,5,13H2,1H3. The molecule has 1 heterocycles. The van der Waals surface area contributed by atoms with Gasteiger partial charge in [-0.1, -0.05) is 0 Å². The predicted molar refractivity (Wildman–Crippen MR) is 74.1 cm³/mol. The average molecular weight is 328 g/mol. The molecular weight excluding hydrogens is 315 g/mol. The average Bonchev–Trinajstić information content (AvgIpc) is 2.63. The van der Waals surface area contributed by atoms with Gasteiger partial charge in [-0.15, -0.1) is 0 Å². The minimum Gasteiger partial charge on any atom is -0.399 e. The third kappa shape index (κ3) is 2.66. The Hall–Kier alpha value is -1.24. The molecule has 4 nitrogen and oxygen atoms in total. The van der Waals surface area contributed by atoms with Crippen LogP contribution in [0.1, 0.15) is 5.56 Å². The molecule has 2 aromatic rings. The number of halogens is 1. The van der Waals surface area contributed by atoms with Crippen LogP contribution in [0.5, 0.6) is 0 Å². The second kappa shape index (κ2) is 4.73. The summed E-state index contributed by atoms with van der Waals surface area (Å²) in [6, 6.07) is 5.84. The number of hydrogen-bond acceptors (Lipinski definition) is 3. The summed E-state index contributed by atoms with van der Waals surface area (Å²) in [4.78, 5) is 0. The van der Waals surface area contributed by atoms with Gasteiger partial charge in [0.15, 0.2) is 0 Å². The van der Waals surface area contributed by atoms with Crippen molar-refractivity contribution in [3.63, 3.8) is 0 Å². The lowest BCUT2D eigenvalue weighted by atomic mass is 10.2. The van der Waals surface area contributed by atoms with Gasteiger partial charge in [-0.2, -0.15) is 5.10 Å². The molecule has 0 bridgehead atoms. The summed E-state index contributed by atoms with van der Waals surface area (Å²) in [7, 11) is 1.91. The Morgan fingerprint density at radius 2 is 2.31 bits per heavy atom. The molecule has 0 amide bonds. The van der Waals surface area contributed by atoms with Crippen molar-refractivity contribution in [3.8, 4) is 0 Å². The van der Waals surface area contributed by atoms with Crippen molar-refractivity contribution in [2.75, 3.05) is 11.1 Å². The number of nitrogens with zero attached hydrogens (tertiary/aromatic N) is 2. The maximum Gasteiger partial charge on any atom is 0.0539 e. The number of hydrogen-bond donors (Lipinski definition) is 2. The molecule has 1 aromatic heterocycles. The van der Waals surface area contributed by atoms with Crippen LogP contribution in [-0.4, -0.2) is 9.78 Å². The molecule has 0 saturated heterocycles. The summed E-state index contributed by atoms with van der Waals surface area (Å²) in [6.07, 6.45) is 3.86. The molecule has 0 saturated carbocycles. The second-order valence-electron chi connectivity index (χ2n) is 3.62. The fourth-order valence-electron chi connectivity index (χ4n) is 1.44. The third-order valence-corrected chi connectivity index (χ3v) is 3.13. The molecule has 0 unspecified atom stereocenters. The number of anilines is 2. The molecule has 1 aromatic carbocycles. The highest BCUT2D eigenvalue weighted by Gasteiger charge is 2.00. The van der Waals surface area contributed by atoms with Crippen LogP contribution in [-0.2, 0) is 13.6 Å². The third-order valence-electron chi connectivity index (χ3n) is 2.23. The maximum atomic E-state index is 5.69. The van der Waals surface area contributed by atoms with Gasteiger partial charge in [-0.05, 0) is 40.8 Å². The van der Waals surface area contributed by atoms with E-state index in [0.29, 0.717) is 0 Å². The van der Waals surface area contributed by atoms with Crippen LogP contribution in [0.2, 0.25) is 0 Å². The van der Waals surface area contributed by atoms with Gasteiger partial charge in [0.2, 0.25) is 0 Å². The highest BCUT2D eigenvalue weighted by Crippen LogP contribution is 2.21. The van der Waals surface area contributed by atoms with E-state index in [2.05, 4.69) is 33.0 Å². The highest BCUT2D eigenvalue weighted by molar-refractivity contribution is 14.1. The number of aromatic nitrogens is 2. The van der Waals surface area contributed by atoms with Crippen molar-refractivity contribution in [2.45, 2.75) is 6.54 Å². The minimum atomic E-state index is 0.772. The molecular formula is C11H13IN4. The smallest absolute Gasteiger partial charge is 0.0539 e. The summed E-state index contributed by atoms with van der Waals surface area (Å²) < 4.78 is 2.92. The SMILES string of the molecule is Cn1cc(CNc2ccc(N)cc2I)cn1. The molecule has 5 heteroatoms. The van der Waals surface area contributed by atoms with Gasteiger partial charge in [0.25, 0.3) is 0 Å². The number of aryl methyl sites for hydroxylation is 1. The number of rotatable bonds is 3. The van der Waals surface area contributed by atoms with Crippen LogP contribution < -0.4 is 11.1 Å². The van der Waals surface area contributed by atoms with E-state index in [9.17, 15) is 0 Å². The van der Waals surface area contributed by atoms with Gasteiger partial charge in [-0.3, -0.25) is 4.68 Å². The van der Waals surface area contributed by atoms with E-state index in [0.717, 1.165) is 27.1 Å². The highest BCUT2D eigenvalue weighted by atomic mass is 127. The van der Waals surface area contributed by atoms with Crippen molar-refractivity contribution in [2.24, 2.45) is 7.05 Å². The van der Waals surface area contributed by atoms with E-state index in [-0.39, 0.29) is 0 Å². The molecule has 0 fully saturated rings. The molecule has 3 N–H and O–H groups in total. The van der Waals surface area contributed by atoms with E-state index in [1.165, 1.54) is 0 Å². The van der Waals surface area contributed by atoms with Gasteiger partial charge < -0.3 is 11.1 Å². The molecule has 0 atom stereocenters. The number of benzene rings is 1. The Labute approximate surface area is 108 Å². The summed E-state index contributed by atoms with van der Waals surface area (Å²) >= 11 is 2.27. The monoisotopic (exact) mass is 328 g/mol. The maximum absolute atomic E-state index is 5.69. The van der Waals surface area contributed by atoms with Gasteiger partial charge in [0, 0.05) is 40.3 Å². The molecule has 2 rings (SSSR count). The zero-order valence-corrected chi connectivity index (χ0v) is 11.1. The Morgan fingerprint density at radius 1 is 1.50 bits per heavy atom. The van der Waals surface area contributed by atoms with Crippen LogP contribution in [0.15, 0.2) is 30.6 Å². The normalized spacial score (nSPS) is 10.4. The van der Waals surface area contributed by atoms with Crippen LogP contribution in [0.3, 0.4) is 0 Å². The quantitative estimate of drug-likeness (QED) is 0.671. The molecule has 0 aliphatic heterocycles. The van der Waals surface area contributed by atoms with Gasteiger partial charge in [0.1, 0.15) is 0 Å². The molecule has 0 spiro atoms. The molecule has 0 radical (unpaired) electrons. The van der Waals surface area contributed by atoms with Gasteiger partial charge >= 0.3 is 0 Å². The molecule has 0 aliphatic rings. The Kier molecular flexibility index (Phi) is 3.33. The lowest BCUT2D eigenvalue weighted by molar-refractivity contribution is 0.767. The number of nitrogen functional groups attached to an aromatic ring is 1. The zero-order valence-electron chi connectivity index (χ0n) is 8.94. The molecule has 84 valence electrons. The lowest BCUT2D eigenvalue weighted by Crippen LogP contribution is -2.00. The second-order valence-corrected chi connectivity index (χ2v) is 4.78. The topological polar surface area (TPSA) is 55.9 Å². The van der Waals surface area contributed by atoms with E-state index in [1.807, 2.05) is 37.6 Å². The zero-order chi connectivity index (χ0) is 11.5. The van der Waals surface area contributed by atoms with E-state index >= 15 is 0 Å². The first-order valence-corrected chi connectivity index (χ1v) is 5.99. The van der Waals surface area contributed by atoms with Crippen molar-refractivity contribution in [3.05, 3.63) is 39.7 Å². The fourth-order valence-corrected chi connectivity index (χ4v) is 2.17. The first-order chi connectivity index (χ1) is 7.65. The lowest BCUT2D eigenvalue weighted by Gasteiger charge is -2.07. The first-order valence-electron chi connectivity index (χ1n) is 4.91. The minimum absolute atomic E-state index is 0.772. The van der Waals surface area contributed by atoms with Crippen LogP contribution in [0.25, 0.3) is 0 Å². The van der Waals surface area contributed by atoms with Crippen LogP contribution in [0, 0.1) is 3.57 Å². The summed E-state index contributed by atoms with van der Waals surface area (Å²) in [5, 5.41) is 7.47. The summed E-state index contributed by atoms with van der Waals surface area (Å²) in [5.41, 5.74) is 8.74. The van der Waals surface area contributed by atoms with E-state index in [4.69, 9.17) is 5.73 Å².